The van der Waals surface area contributed by atoms with Gasteiger partial charge in [0.15, 0.2) is 0 Å². The molecule has 0 saturated carbocycles. The molecule has 0 fully saturated rings. The number of rotatable bonds is 5. The molecule has 0 bridgehead atoms. The minimum Gasteiger partial charge on any atom is -0.486 e. The van der Waals surface area contributed by atoms with Crippen LogP contribution in [0.5, 0.6) is 5.75 Å². The van der Waals surface area contributed by atoms with E-state index in [4.69, 9.17) is 4.74 Å². The van der Waals surface area contributed by atoms with Crippen molar-refractivity contribution < 1.29 is 14.5 Å². The lowest BCUT2D eigenvalue weighted by Crippen LogP contribution is -2.17. The van der Waals surface area contributed by atoms with Crippen molar-refractivity contribution in [2.45, 2.75) is 13.0 Å². The summed E-state index contributed by atoms with van der Waals surface area (Å²) >= 11 is 0. The van der Waals surface area contributed by atoms with Crippen LogP contribution in [-0.4, -0.2) is 17.9 Å². The first-order valence-corrected chi connectivity index (χ1v) is 6.74. The lowest BCUT2D eigenvalue weighted by atomic mass is 10.1. The molecule has 0 saturated heterocycles. The monoisotopic (exact) mass is 300 g/mol. The van der Waals surface area contributed by atoms with Crippen LogP contribution in [0.1, 0.15) is 28.9 Å². The van der Waals surface area contributed by atoms with Crippen LogP contribution < -0.4 is 10.1 Å². The zero-order valence-corrected chi connectivity index (χ0v) is 12.3. The van der Waals surface area contributed by atoms with E-state index in [0.717, 1.165) is 0 Å². The van der Waals surface area contributed by atoms with Gasteiger partial charge in [0.05, 0.1) is 4.92 Å². The van der Waals surface area contributed by atoms with Crippen LogP contribution in [0.15, 0.2) is 48.5 Å². The number of hydrogen-bond acceptors (Lipinski definition) is 4. The van der Waals surface area contributed by atoms with Gasteiger partial charge in [-0.15, -0.1) is 0 Å². The summed E-state index contributed by atoms with van der Waals surface area (Å²) in [7, 11) is 1.57. The van der Waals surface area contributed by atoms with Crippen molar-refractivity contribution in [1.29, 1.82) is 0 Å². The summed E-state index contributed by atoms with van der Waals surface area (Å²) in [6.07, 6.45) is -0.342. The van der Waals surface area contributed by atoms with E-state index in [2.05, 4.69) is 5.32 Å². The van der Waals surface area contributed by atoms with Crippen LogP contribution in [0, 0.1) is 10.1 Å². The Hall–Kier alpha value is -2.89. The second-order valence-electron chi connectivity index (χ2n) is 4.72. The third kappa shape index (κ3) is 3.60. The molecule has 0 radical (unpaired) electrons. The third-order valence-corrected chi connectivity index (χ3v) is 3.21. The van der Waals surface area contributed by atoms with Crippen LogP contribution in [0.2, 0.25) is 0 Å². The van der Waals surface area contributed by atoms with Gasteiger partial charge in [-0.1, -0.05) is 12.1 Å². The van der Waals surface area contributed by atoms with Gasteiger partial charge >= 0.3 is 0 Å². The van der Waals surface area contributed by atoms with Gasteiger partial charge in [0.25, 0.3) is 11.6 Å². The van der Waals surface area contributed by atoms with Crippen molar-refractivity contribution in [3.8, 4) is 5.75 Å². The van der Waals surface area contributed by atoms with Crippen molar-refractivity contribution in [1.82, 2.24) is 5.32 Å². The average Bonchev–Trinajstić information content (AvgIpc) is 2.54. The van der Waals surface area contributed by atoms with Crippen LogP contribution in [0.25, 0.3) is 0 Å². The summed E-state index contributed by atoms with van der Waals surface area (Å²) in [5.74, 6) is 0.421. The number of benzene rings is 2. The van der Waals surface area contributed by atoms with E-state index >= 15 is 0 Å². The molecule has 0 spiro atoms. The first-order valence-electron chi connectivity index (χ1n) is 6.74. The van der Waals surface area contributed by atoms with E-state index in [1.54, 1.807) is 43.4 Å². The molecule has 2 aromatic carbocycles. The number of amides is 1. The second-order valence-corrected chi connectivity index (χ2v) is 4.72. The van der Waals surface area contributed by atoms with E-state index in [9.17, 15) is 14.9 Å². The summed E-state index contributed by atoms with van der Waals surface area (Å²) in [4.78, 5) is 21.8. The van der Waals surface area contributed by atoms with Crippen molar-refractivity contribution in [2.24, 2.45) is 0 Å². The summed E-state index contributed by atoms with van der Waals surface area (Å²) in [5.41, 5.74) is 1.28. The Kier molecular flexibility index (Phi) is 4.73. The van der Waals surface area contributed by atoms with Gasteiger partial charge in [0, 0.05) is 24.7 Å². The molecule has 1 atom stereocenters. The van der Waals surface area contributed by atoms with Crippen molar-refractivity contribution in [3.63, 3.8) is 0 Å². The van der Waals surface area contributed by atoms with Gasteiger partial charge in [-0.3, -0.25) is 14.9 Å². The Labute approximate surface area is 127 Å². The Balaban J connectivity index is 2.11. The van der Waals surface area contributed by atoms with E-state index in [0.29, 0.717) is 16.9 Å². The molecular weight excluding hydrogens is 284 g/mol. The molecule has 0 aliphatic heterocycles. The van der Waals surface area contributed by atoms with Gasteiger partial charge in [-0.2, -0.15) is 0 Å². The summed E-state index contributed by atoms with van der Waals surface area (Å²) in [5, 5.41) is 13.3. The zero-order valence-electron chi connectivity index (χ0n) is 12.3. The maximum absolute atomic E-state index is 11.5. The van der Waals surface area contributed by atoms with Crippen molar-refractivity contribution in [2.75, 3.05) is 7.05 Å². The quantitative estimate of drug-likeness (QED) is 0.679. The fraction of sp³-hybridized carbons (Fsp3) is 0.188. The highest BCUT2D eigenvalue weighted by Gasteiger charge is 2.12. The molecule has 114 valence electrons. The number of nitrogens with one attached hydrogen (secondary N) is 1. The van der Waals surface area contributed by atoms with Gasteiger partial charge in [0.2, 0.25) is 0 Å². The van der Waals surface area contributed by atoms with Gasteiger partial charge in [-0.25, -0.2) is 0 Å². The number of hydrogen-bond donors (Lipinski definition) is 1. The number of carbonyl (C=O) groups is 1. The van der Waals surface area contributed by atoms with Crippen molar-refractivity contribution >= 4 is 11.6 Å². The molecule has 1 amide bonds. The van der Waals surface area contributed by atoms with E-state index in [-0.39, 0.29) is 17.7 Å². The summed E-state index contributed by atoms with van der Waals surface area (Å²) in [6.45, 7) is 1.81. The SMILES string of the molecule is CNC(=O)c1ccc(O[C@H](C)c2cccc([N+](=O)[O-])c2)cc1. The standard InChI is InChI=1S/C16H16N2O4/c1-11(13-4-3-5-14(10-13)18(20)21)22-15-8-6-12(7-9-15)16(19)17-2/h3-11H,1-2H3,(H,17,19)/t11-/m1/s1. The molecule has 2 aromatic rings. The molecule has 0 aromatic heterocycles. The molecule has 0 unspecified atom stereocenters. The highest BCUT2D eigenvalue weighted by atomic mass is 16.6. The first kappa shape index (κ1) is 15.5. The average molecular weight is 300 g/mol. The van der Waals surface area contributed by atoms with Crippen LogP contribution in [0.3, 0.4) is 0 Å². The Morgan fingerprint density at radius 3 is 2.50 bits per heavy atom. The van der Waals surface area contributed by atoms with Crippen LogP contribution >= 0.6 is 0 Å². The fourth-order valence-corrected chi connectivity index (χ4v) is 1.99. The highest BCUT2D eigenvalue weighted by Crippen LogP contribution is 2.24. The molecule has 0 aliphatic carbocycles. The topological polar surface area (TPSA) is 81.5 Å². The summed E-state index contributed by atoms with van der Waals surface area (Å²) in [6, 6.07) is 13.0. The van der Waals surface area contributed by atoms with Gasteiger partial charge in [0.1, 0.15) is 11.9 Å². The van der Waals surface area contributed by atoms with Crippen molar-refractivity contribution in [3.05, 3.63) is 69.8 Å². The lowest BCUT2D eigenvalue weighted by molar-refractivity contribution is -0.385. The molecular formula is C16H16N2O4. The Morgan fingerprint density at radius 1 is 1.23 bits per heavy atom. The Bertz CT molecular complexity index is 683. The van der Waals surface area contributed by atoms with E-state index in [1.165, 1.54) is 12.1 Å². The molecule has 1 N–H and O–H groups in total. The number of nitrogens with zero attached hydrogens (tertiary/aromatic N) is 1. The lowest BCUT2D eigenvalue weighted by Gasteiger charge is -2.15. The molecule has 2 rings (SSSR count). The summed E-state index contributed by atoms with van der Waals surface area (Å²) < 4.78 is 5.75. The molecule has 22 heavy (non-hydrogen) atoms. The normalized spacial score (nSPS) is 11.5. The number of ether oxygens (including phenoxy) is 1. The zero-order chi connectivity index (χ0) is 16.1. The molecule has 6 heteroatoms. The van der Waals surface area contributed by atoms with E-state index in [1.807, 2.05) is 6.92 Å². The van der Waals surface area contributed by atoms with Crippen LogP contribution in [0.4, 0.5) is 5.69 Å². The largest absolute Gasteiger partial charge is 0.486 e. The number of nitro benzene ring substituents is 1. The number of carbonyl (C=O) groups excluding carboxylic acids is 1. The number of non-ortho nitro benzene ring substituents is 1. The predicted molar refractivity (Wildman–Crippen MR) is 82.0 cm³/mol. The molecule has 0 aliphatic rings. The molecule has 6 nitrogen and oxygen atoms in total. The maximum Gasteiger partial charge on any atom is 0.269 e. The first-order chi connectivity index (χ1) is 10.5. The van der Waals surface area contributed by atoms with Gasteiger partial charge in [-0.05, 0) is 36.8 Å². The van der Waals surface area contributed by atoms with Gasteiger partial charge < -0.3 is 10.1 Å². The van der Waals surface area contributed by atoms with Crippen LogP contribution in [-0.2, 0) is 0 Å². The minimum absolute atomic E-state index is 0.0305. The number of nitro groups is 1. The molecule has 0 heterocycles. The minimum atomic E-state index is -0.436. The fourth-order valence-electron chi connectivity index (χ4n) is 1.99. The van der Waals surface area contributed by atoms with E-state index < -0.39 is 4.92 Å². The highest BCUT2D eigenvalue weighted by molar-refractivity contribution is 5.94. The second kappa shape index (κ2) is 6.71. The Morgan fingerprint density at radius 2 is 1.91 bits per heavy atom. The smallest absolute Gasteiger partial charge is 0.269 e. The maximum atomic E-state index is 11.5. The third-order valence-electron chi connectivity index (χ3n) is 3.21. The predicted octanol–water partition coefficient (Wildman–Crippen LogP) is 3.09.